The molecule has 2 aromatic rings. The molecule has 0 aliphatic carbocycles. The SMILES string of the molecule is COc1ccc(NC(=O)C[NH+](C)CCOc2cccc(Br)c2)cc1. The summed E-state index contributed by atoms with van der Waals surface area (Å²) >= 11 is 3.41. The number of halogens is 1. The van der Waals surface area contributed by atoms with Gasteiger partial charge in [0.1, 0.15) is 24.7 Å². The van der Waals surface area contributed by atoms with E-state index in [-0.39, 0.29) is 5.91 Å². The normalized spacial score (nSPS) is 11.6. The maximum Gasteiger partial charge on any atom is 0.279 e. The molecule has 0 aromatic heterocycles. The van der Waals surface area contributed by atoms with Crippen LogP contribution in [0.15, 0.2) is 53.0 Å². The first-order valence-corrected chi connectivity index (χ1v) is 8.49. The van der Waals surface area contributed by atoms with Crippen LogP contribution in [-0.2, 0) is 4.79 Å². The number of rotatable bonds is 8. The first-order chi connectivity index (χ1) is 11.6. The van der Waals surface area contributed by atoms with Crippen molar-refractivity contribution in [1.82, 2.24) is 0 Å². The molecule has 1 amide bonds. The van der Waals surface area contributed by atoms with Gasteiger partial charge in [-0.1, -0.05) is 22.0 Å². The molecule has 0 saturated carbocycles. The van der Waals surface area contributed by atoms with Crippen LogP contribution in [0.3, 0.4) is 0 Å². The lowest BCUT2D eigenvalue weighted by molar-refractivity contribution is -0.871. The zero-order valence-electron chi connectivity index (χ0n) is 13.8. The van der Waals surface area contributed by atoms with Crippen LogP contribution in [0.25, 0.3) is 0 Å². The van der Waals surface area contributed by atoms with E-state index in [1.165, 1.54) is 0 Å². The Morgan fingerprint density at radius 1 is 1.17 bits per heavy atom. The molecule has 2 aromatic carbocycles. The van der Waals surface area contributed by atoms with E-state index in [4.69, 9.17) is 9.47 Å². The van der Waals surface area contributed by atoms with Gasteiger partial charge in [-0.25, -0.2) is 0 Å². The van der Waals surface area contributed by atoms with Crippen molar-refractivity contribution in [3.05, 3.63) is 53.0 Å². The number of amides is 1. The van der Waals surface area contributed by atoms with E-state index in [1.807, 2.05) is 55.6 Å². The minimum atomic E-state index is -0.0277. The van der Waals surface area contributed by atoms with Gasteiger partial charge < -0.3 is 19.7 Å². The van der Waals surface area contributed by atoms with E-state index in [9.17, 15) is 4.79 Å². The lowest BCUT2D eigenvalue weighted by Crippen LogP contribution is -3.10. The Labute approximate surface area is 150 Å². The highest BCUT2D eigenvalue weighted by molar-refractivity contribution is 9.10. The van der Waals surface area contributed by atoms with Crippen LogP contribution >= 0.6 is 15.9 Å². The van der Waals surface area contributed by atoms with E-state index in [0.29, 0.717) is 13.2 Å². The molecule has 2 rings (SSSR count). The quantitative estimate of drug-likeness (QED) is 0.720. The van der Waals surface area contributed by atoms with Crippen LogP contribution in [0, 0.1) is 0 Å². The summed E-state index contributed by atoms with van der Waals surface area (Å²) in [5.41, 5.74) is 0.763. The minimum absolute atomic E-state index is 0.0277. The highest BCUT2D eigenvalue weighted by Gasteiger charge is 2.10. The van der Waals surface area contributed by atoms with Crippen LogP contribution in [0.1, 0.15) is 0 Å². The lowest BCUT2D eigenvalue weighted by atomic mass is 10.3. The molecule has 1 unspecified atom stereocenters. The van der Waals surface area contributed by atoms with Crippen molar-refractivity contribution < 1.29 is 19.2 Å². The third-order valence-corrected chi connectivity index (χ3v) is 3.92. The van der Waals surface area contributed by atoms with Gasteiger partial charge in [-0.15, -0.1) is 0 Å². The molecule has 0 radical (unpaired) electrons. The van der Waals surface area contributed by atoms with Crippen molar-refractivity contribution in [3.63, 3.8) is 0 Å². The summed E-state index contributed by atoms with van der Waals surface area (Å²) in [7, 11) is 3.58. The van der Waals surface area contributed by atoms with E-state index in [2.05, 4.69) is 21.2 Å². The maximum atomic E-state index is 12.0. The fourth-order valence-electron chi connectivity index (χ4n) is 2.14. The zero-order chi connectivity index (χ0) is 17.4. The predicted octanol–water partition coefficient (Wildman–Crippen LogP) is 1.99. The van der Waals surface area contributed by atoms with Gasteiger partial charge in [0.05, 0.1) is 14.2 Å². The number of ether oxygens (including phenoxy) is 2. The Morgan fingerprint density at radius 2 is 1.92 bits per heavy atom. The van der Waals surface area contributed by atoms with Crippen LogP contribution in [0.4, 0.5) is 5.69 Å². The van der Waals surface area contributed by atoms with Crippen molar-refractivity contribution in [1.29, 1.82) is 0 Å². The number of likely N-dealkylation sites (N-methyl/N-ethyl adjacent to an activating group) is 1. The number of hydrogen-bond acceptors (Lipinski definition) is 3. The fourth-order valence-corrected chi connectivity index (χ4v) is 2.52. The highest BCUT2D eigenvalue weighted by atomic mass is 79.9. The van der Waals surface area contributed by atoms with Gasteiger partial charge in [0, 0.05) is 10.2 Å². The lowest BCUT2D eigenvalue weighted by Gasteiger charge is -2.14. The third-order valence-electron chi connectivity index (χ3n) is 3.43. The average molecular weight is 394 g/mol. The van der Waals surface area contributed by atoms with E-state index in [0.717, 1.165) is 33.1 Å². The fraction of sp³-hybridized carbons (Fsp3) is 0.278. The van der Waals surface area contributed by atoms with Crippen molar-refractivity contribution in [2.75, 3.05) is 39.2 Å². The van der Waals surface area contributed by atoms with E-state index < -0.39 is 0 Å². The number of methoxy groups -OCH3 is 1. The maximum absolute atomic E-state index is 12.0. The van der Waals surface area contributed by atoms with Gasteiger partial charge in [-0.05, 0) is 42.5 Å². The topological polar surface area (TPSA) is 52.0 Å². The Balaban J connectivity index is 1.70. The third kappa shape index (κ3) is 6.22. The van der Waals surface area contributed by atoms with Crippen LogP contribution in [0.2, 0.25) is 0 Å². The molecular weight excluding hydrogens is 372 g/mol. The second-order valence-corrected chi connectivity index (χ2v) is 6.38. The Hall–Kier alpha value is -2.05. The summed E-state index contributed by atoms with van der Waals surface area (Å²) in [6, 6.07) is 15.0. The molecular formula is C18H22BrN2O3+. The Bertz CT molecular complexity index is 662. The number of anilines is 1. The minimum Gasteiger partial charge on any atom is -0.497 e. The van der Waals surface area contributed by atoms with Gasteiger partial charge in [0.25, 0.3) is 5.91 Å². The molecule has 0 saturated heterocycles. The van der Waals surface area contributed by atoms with Crippen LogP contribution in [-0.4, -0.2) is 39.8 Å². The number of carbonyl (C=O) groups is 1. The summed E-state index contributed by atoms with van der Waals surface area (Å²) in [5, 5.41) is 2.88. The molecule has 5 nitrogen and oxygen atoms in total. The summed E-state index contributed by atoms with van der Waals surface area (Å²) in [6.45, 7) is 1.68. The van der Waals surface area contributed by atoms with E-state index >= 15 is 0 Å². The molecule has 24 heavy (non-hydrogen) atoms. The predicted molar refractivity (Wildman–Crippen MR) is 97.9 cm³/mol. The second-order valence-electron chi connectivity index (χ2n) is 5.47. The van der Waals surface area contributed by atoms with E-state index in [1.54, 1.807) is 7.11 Å². The molecule has 2 N–H and O–H groups in total. The van der Waals surface area contributed by atoms with Crippen LogP contribution in [0.5, 0.6) is 11.5 Å². The Morgan fingerprint density at radius 3 is 2.58 bits per heavy atom. The number of nitrogens with one attached hydrogen (secondary N) is 2. The number of benzene rings is 2. The Kier molecular flexibility index (Phi) is 7.08. The van der Waals surface area contributed by atoms with Crippen molar-refractivity contribution >= 4 is 27.5 Å². The summed E-state index contributed by atoms with van der Waals surface area (Å²) < 4.78 is 11.8. The summed E-state index contributed by atoms with van der Waals surface area (Å²) in [6.07, 6.45) is 0. The monoisotopic (exact) mass is 393 g/mol. The van der Waals surface area contributed by atoms with Gasteiger partial charge in [0.15, 0.2) is 6.54 Å². The molecule has 0 aliphatic rings. The average Bonchev–Trinajstić information content (AvgIpc) is 2.55. The molecule has 0 bridgehead atoms. The van der Waals surface area contributed by atoms with Crippen molar-refractivity contribution in [3.8, 4) is 11.5 Å². The number of carbonyl (C=O) groups excluding carboxylic acids is 1. The summed E-state index contributed by atoms with van der Waals surface area (Å²) in [5.74, 6) is 1.56. The molecule has 0 fully saturated rings. The first-order valence-electron chi connectivity index (χ1n) is 7.70. The molecule has 0 aliphatic heterocycles. The number of hydrogen-bond donors (Lipinski definition) is 2. The molecule has 6 heteroatoms. The smallest absolute Gasteiger partial charge is 0.279 e. The van der Waals surface area contributed by atoms with Gasteiger partial charge in [-0.2, -0.15) is 0 Å². The largest absolute Gasteiger partial charge is 0.497 e. The van der Waals surface area contributed by atoms with Crippen molar-refractivity contribution in [2.45, 2.75) is 0 Å². The van der Waals surface area contributed by atoms with Gasteiger partial charge in [-0.3, -0.25) is 4.79 Å². The standard InChI is InChI=1S/C18H21BrN2O3/c1-21(10-11-24-17-5-3-4-14(19)12-17)13-18(22)20-15-6-8-16(23-2)9-7-15/h3-9,12H,10-11,13H2,1-2H3,(H,20,22)/p+1. The van der Waals surface area contributed by atoms with Gasteiger partial charge >= 0.3 is 0 Å². The zero-order valence-corrected chi connectivity index (χ0v) is 15.4. The second kappa shape index (κ2) is 9.30. The molecule has 128 valence electrons. The molecule has 0 heterocycles. The first kappa shape index (κ1) is 18.3. The highest BCUT2D eigenvalue weighted by Crippen LogP contribution is 2.17. The molecule has 0 spiro atoms. The van der Waals surface area contributed by atoms with Crippen molar-refractivity contribution in [2.24, 2.45) is 0 Å². The summed E-state index contributed by atoms with van der Waals surface area (Å²) in [4.78, 5) is 13.1. The van der Waals surface area contributed by atoms with Gasteiger partial charge in [0.2, 0.25) is 0 Å². The number of quaternary nitrogens is 1. The molecule has 1 atom stereocenters. The van der Waals surface area contributed by atoms with Crippen LogP contribution < -0.4 is 19.7 Å².